The summed E-state index contributed by atoms with van der Waals surface area (Å²) >= 11 is 0. The third-order valence-electron chi connectivity index (χ3n) is 0.489. The lowest BCUT2D eigenvalue weighted by atomic mass is 10.6. The van der Waals surface area contributed by atoms with Crippen molar-refractivity contribution in [3.8, 4) is 0 Å². The second kappa shape index (κ2) is 2.88. The zero-order valence-electron chi connectivity index (χ0n) is 4.47. The lowest BCUT2D eigenvalue weighted by molar-refractivity contribution is 0.119. The topological polar surface area (TPSA) is 46.5 Å². The number of hydrogen-bond donors (Lipinski definition) is 1. The van der Waals surface area contributed by atoms with Crippen molar-refractivity contribution in [1.29, 1.82) is 0 Å². The molecule has 0 spiro atoms. The Morgan fingerprint density at radius 3 is 2.50 bits per heavy atom. The molecule has 0 aromatic heterocycles. The molecular formula is C5H6O3. The Morgan fingerprint density at radius 1 is 1.88 bits per heavy atom. The Labute approximate surface area is 46.9 Å². The van der Waals surface area contributed by atoms with Gasteiger partial charge in [0.2, 0.25) is 0 Å². The molecule has 0 bridgehead atoms. The summed E-state index contributed by atoms with van der Waals surface area (Å²) in [6, 6.07) is 0. The fourth-order valence-corrected chi connectivity index (χ4v) is 0.167. The van der Waals surface area contributed by atoms with Gasteiger partial charge >= 0.3 is 6.16 Å². The van der Waals surface area contributed by atoms with Crippen LogP contribution in [0.25, 0.3) is 0 Å². The number of allylic oxidation sites excluding steroid dienone is 1. The molecule has 0 rings (SSSR count). The molecule has 0 aliphatic heterocycles. The molecular weight excluding hydrogens is 108 g/mol. The lowest BCUT2D eigenvalue weighted by Crippen LogP contribution is -1.95. The van der Waals surface area contributed by atoms with Crippen molar-refractivity contribution in [3.05, 3.63) is 18.1 Å². The highest BCUT2D eigenvalue weighted by Crippen LogP contribution is 1.89. The van der Waals surface area contributed by atoms with Crippen LogP contribution in [-0.2, 0) is 4.74 Å². The first kappa shape index (κ1) is 6.79. The molecule has 8 heavy (non-hydrogen) atoms. The minimum absolute atomic E-state index is 0.164. The van der Waals surface area contributed by atoms with Gasteiger partial charge in [-0.2, -0.15) is 0 Å². The highest BCUT2D eigenvalue weighted by Gasteiger charge is 1.94. The zero-order chi connectivity index (χ0) is 6.57. The van der Waals surface area contributed by atoms with Crippen LogP contribution in [0.15, 0.2) is 18.1 Å². The Balaban J connectivity index is 3.74. The van der Waals surface area contributed by atoms with Crippen LogP contribution in [0.4, 0.5) is 4.79 Å². The molecule has 1 N–H and O–H groups in total. The molecule has 0 atom stereocenters. The Hall–Kier alpha value is -1.21. The van der Waals surface area contributed by atoms with Gasteiger partial charge in [0.25, 0.3) is 0 Å². The molecule has 0 aromatic carbocycles. The van der Waals surface area contributed by atoms with Gasteiger partial charge in [0.15, 0.2) is 0 Å². The first-order valence-electron chi connectivity index (χ1n) is 1.94. The minimum Gasteiger partial charge on any atom is -0.449 e. The van der Waals surface area contributed by atoms with Gasteiger partial charge < -0.3 is 9.84 Å². The average Bonchev–Trinajstić information content (AvgIpc) is 1.65. The first-order valence-corrected chi connectivity index (χ1v) is 1.94. The predicted molar refractivity (Wildman–Crippen MR) is 27.4 cm³/mol. The number of carboxylic acid groups (broad SMARTS) is 1. The van der Waals surface area contributed by atoms with Crippen molar-refractivity contribution in [2.24, 2.45) is 0 Å². The van der Waals surface area contributed by atoms with Gasteiger partial charge in [-0.3, -0.25) is 0 Å². The van der Waals surface area contributed by atoms with Gasteiger partial charge in [-0.05, 0) is 0 Å². The Kier molecular flexibility index (Phi) is 2.45. The molecule has 0 aromatic rings. The molecule has 0 heterocycles. The highest BCUT2D eigenvalue weighted by atomic mass is 16.7. The fraction of sp³-hybridized carbons (Fsp3) is 0.200. The molecule has 3 nitrogen and oxygen atoms in total. The van der Waals surface area contributed by atoms with Crippen molar-refractivity contribution in [3.63, 3.8) is 0 Å². The van der Waals surface area contributed by atoms with Gasteiger partial charge in [0, 0.05) is 6.92 Å². The van der Waals surface area contributed by atoms with E-state index in [1.54, 1.807) is 0 Å². The first-order chi connectivity index (χ1) is 3.66. The SMILES string of the molecule is C=C=C(C)OC(=O)O. The minimum atomic E-state index is -1.33. The van der Waals surface area contributed by atoms with E-state index >= 15 is 0 Å². The number of hydrogen-bond acceptors (Lipinski definition) is 2. The molecule has 0 fully saturated rings. The van der Waals surface area contributed by atoms with Crippen LogP contribution in [0.1, 0.15) is 6.92 Å². The van der Waals surface area contributed by atoms with Crippen molar-refractivity contribution < 1.29 is 14.6 Å². The van der Waals surface area contributed by atoms with Gasteiger partial charge in [-0.25, -0.2) is 4.79 Å². The monoisotopic (exact) mass is 114 g/mol. The van der Waals surface area contributed by atoms with Crippen LogP contribution in [0.2, 0.25) is 0 Å². The number of carbonyl (C=O) groups is 1. The van der Waals surface area contributed by atoms with E-state index in [-0.39, 0.29) is 5.76 Å². The van der Waals surface area contributed by atoms with Crippen LogP contribution in [-0.4, -0.2) is 11.3 Å². The summed E-state index contributed by atoms with van der Waals surface area (Å²) < 4.78 is 4.06. The Morgan fingerprint density at radius 2 is 2.38 bits per heavy atom. The Bertz CT molecular complexity index is 142. The predicted octanol–water partition coefficient (Wildman–Crippen LogP) is 1.37. The molecule has 0 amide bonds. The van der Waals surface area contributed by atoms with Gasteiger partial charge in [0.1, 0.15) is 5.76 Å². The lowest BCUT2D eigenvalue weighted by Gasteiger charge is -1.91. The molecule has 0 unspecified atom stereocenters. The van der Waals surface area contributed by atoms with E-state index in [0.717, 1.165) is 0 Å². The number of ether oxygens (including phenoxy) is 1. The second-order valence-corrected chi connectivity index (χ2v) is 1.10. The van der Waals surface area contributed by atoms with Gasteiger partial charge in [-0.15, -0.1) is 0 Å². The quantitative estimate of drug-likeness (QED) is 0.318. The summed E-state index contributed by atoms with van der Waals surface area (Å²) in [4.78, 5) is 9.66. The summed E-state index contributed by atoms with van der Waals surface area (Å²) in [7, 11) is 0. The third-order valence-corrected chi connectivity index (χ3v) is 0.489. The largest absolute Gasteiger partial charge is 0.511 e. The summed E-state index contributed by atoms with van der Waals surface area (Å²) in [5.41, 5.74) is 2.26. The van der Waals surface area contributed by atoms with E-state index in [1.807, 2.05) is 0 Å². The van der Waals surface area contributed by atoms with E-state index in [9.17, 15) is 4.79 Å². The zero-order valence-corrected chi connectivity index (χ0v) is 4.47. The van der Waals surface area contributed by atoms with Crippen LogP contribution < -0.4 is 0 Å². The van der Waals surface area contributed by atoms with E-state index in [4.69, 9.17) is 5.11 Å². The average molecular weight is 114 g/mol. The smallest absolute Gasteiger partial charge is 0.449 e. The van der Waals surface area contributed by atoms with E-state index in [1.165, 1.54) is 6.92 Å². The van der Waals surface area contributed by atoms with Crippen molar-refractivity contribution in [2.45, 2.75) is 6.92 Å². The fourth-order valence-electron chi connectivity index (χ4n) is 0.167. The van der Waals surface area contributed by atoms with Gasteiger partial charge in [-0.1, -0.05) is 12.3 Å². The van der Waals surface area contributed by atoms with Crippen LogP contribution >= 0.6 is 0 Å². The maximum absolute atomic E-state index is 9.66. The standard InChI is InChI=1S/C5H6O3/c1-3-4(2)8-5(6)7/h1H2,2H3,(H,6,7). The van der Waals surface area contributed by atoms with Crippen molar-refractivity contribution in [1.82, 2.24) is 0 Å². The number of rotatable bonds is 1. The van der Waals surface area contributed by atoms with Crippen LogP contribution in [0.5, 0.6) is 0 Å². The molecule has 0 aliphatic rings. The van der Waals surface area contributed by atoms with Gasteiger partial charge in [0.05, 0.1) is 0 Å². The normalized spacial score (nSPS) is 7.12. The van der Waals surface area contributed by atoms with Crippen LogP contribution in [0.3, 0.4) is 0 Å². The maximum atomic E-state index is 9.66. The van der Waals surface area contributed by atoms with Crippen molar-refractivity contribution in [2.75, 3.05) is 0 Å². The summed E-state index contributed by atoms with van der Waals surface area (Å²) in [5, 5.41) is 7.90. The van der Waals surface area contributed by atoms with Crippen molar-refractivity contribution >= 4 is 6.16 Å². The van der Waals surface area contributed by atoms with E-state index in [2.05, 4.69) is 17.0 Å². The molecule has 0 radical (unpaired) electrons. The highest BCUT2D eigenvalue weighted by molar-refractivity contribution is 5.58. The molecule has 0 aliphatic carbocycles. The summed E-state index contributed by atoms with van der Waals surface area (Å²) in [5.74, 6) is 0.164. The molecule has 0 saturated heterocycles. The molecule has 3 heteroatoms. The van der Waals surface area contributed by atoms with E-state index < -0.39 is 6.16 Å². The summed E-state index contributed by atoms with van der Waals surface area (Å²) in [6.07, 6.45) is -1.33. The third kappa shape index (κ3) is 3.00. The summed E-state index contributed by atoms with van der Waals surface area (Å²) in [6.45, 7) is 4.62. The second-order valence-electron chi connectivity index (χ2n) is 1.10. The van der Waals surface area contributed by atoms with Crippen LogP contribution in [0, 0.1) is 0 Å². The molecule has 44 valence electrons. The molecule has 0 saturated carbocycles. The van der Waals surface area contributed by atoms with E-state index in [0.29, 0.717) is 0 Å². The maximum Gasteiger partial charge on any atom is 0.511 e.